The second-order valence-corrected chi connectivity index (χ2v) is 7.72. The van der Waals surface area contributed by atoms with Crippen molar-refractivity contribution < 1.29 is 4.42 Å². The van der Waals surface area contributed by atoms with Gasteiger partial charge in [-0.3, -0.25) is 0 Å². The van der Waals surface area contributed by atoms with Gasteiger partial charge in [0.15, 0.2) is 0 Å². The van der Waals surface area contributed by atoms with Gasteiger partial charge in [0.2, 0.25) is 11.8 Å². The zero-order valence-corrected chi connectivity index (χ0v) is 16.0. The van der Waals surface area contributed by atoms with Crippen molar-refractivity contribution in [2.45, 2.75) is 26.2 Å². The Labute approximate surface area is 159 Å². The van der Waals surface area contributed by atoms with Crippen LogP contribution in [0.15, 0.2) is 47.0 Å². The minimum Gasteiger partial charge on any atom is -0.407 e. The lowest BCUT2D eigenvalue weighted by Gasteiger charge is -2.33. The monoisotopic (exact) mass is 364 g/mol. The van der Waals surface area contributed by atoms with Gasteiger partial charge >= 0.3 is 6.01 Å². The van der Waals surface area contributed by atoms with Crippen LogP contribution < -0.4 is 9.80 Å². The quantitative estimate of drug-likeness (QED) is 0.707. The van der Waals surface area contributed by atoms with Crippen LogP contribution in [0, 0.1) is 0 Å². The molecule has 2 aromatic heterocycles. The van der Waals surface area contributed by atoms with E-state index in [1.165, 1.54) is 0 Å². The highest BCUT2D eigenvalue weighted by atomic mass is 16.4. The van der Waals surface area contributed by atoms with Crippen molar-refractivity contribution >= 4 is 12.0 Å². The van der Waals surface area contributed by atoms with Gasteiger partial charge in [0.1, 0.15) is 0 Å². The summed E-state index contributed by atoms with van der Waals surface area (Å²) in [6.45, 7) is 9.42. The lowest BCUT2D eigenvalue weighted by Crippen LogP contribution is -2.47. The van der Waals surface area contributed by atoms with Gasteiger partial charge in [0, 0.05) is 43.4 Å². The average molecular weight is 364 g/mol. The van der Waals surface area contributed by atoms with Crippen LogP contribution in [0.2, 0.25) is 0 Å². The van der Waals surface area contributed by atoms with E-state index in [1.807, 2.05) is 30.5 Å². The SMILES string of the molecule is CC(C)(C)c1nnc(N2CCN(c3nccc(-c4ccccc4)n3)CC2)o1. The van der Waals surface area contributed by atoms with Crippen molar-refractivity contribution in [3.8, 4) is 11.3 Å². The Morgan fingerprint density at radius 3 is 2.26 bits per heavy atom. The highest BCUT2D eigenvalue weighted by molar-refractivity contribution is 5.60. The van der Waals surface area contributed by atoms with Crippen LogP contribution in [-0.2, 0) is 5.41 Å². The van der Waals surface area contributed by atoms with Crippen molar-refractivity contribution in [3.05, 3.63) is 48.5 Å². The standard InChI is InChI=1S/C20H24N6O/c1-20(2,3)17-23-24-19(27-17)26-13-11-25(12-14-26)18-21-10-9-16(22-18)15-7-5-4-6-8-15/h4-10H,11-14H2,1-3H3. The Balaban J connectivity index is 1.44. The fourth-order valence-electron chi connectivity index (χ4n) is 3.01. The third kappa shape index (κ3) is 3.77. The summed E-state index contributed by atoms with van der Waals surface area (Å²) in [5, 5.41) is 8.41. The van der Waals surface area contributed by atoms with Crippen molar-refractivity contribution in [2.75, 3.05) is 36.0 Å². The number of hydrogen-bond acceptors (Lipinski definition) is 7. The molecule has 7 nitrogen and oxygen atoms in total. The molecule has 1 aromatic carbocycles. The molecule has 0 aliphatic carbocycles. The highest BCUT2D eigenvalue weighted by Gasteiger charge is 2.26. The molecule has 3 heterocycles. The number of hydrogen-bond donors (Lipinski definition) is 0. The Hall–Kier alpha value is -2.96. The van der Waals surface area contributed by atoms with Crippen LogP contribution in [0.5, 0.6) is 0 Å². The van der Waals surface area contributed by atoms with E-state index >= 15 is 0 Å². The van der Waals surface area contributed by atoms with Crippen LogP contribution in [-0.4, -0.2) is 46.3 Å². The van der Waals surface area contributed by atoms with E-state index in [-0.39, 0.29) is 5.41 Å². The first kappa shape index (κ1) is 17.5. The van der Waals surface area contributed by atoms with Gasteiger partial charge in [-0.25, -0.2) is 9.97 Å². The molecule has 1 aliphatic heterocycles. The number of anilines is 2. The van der Waals surface area contributed by atoms with Crippen molar-refractivity contribution in [3.63, 3.8) is 0 Å². The minimum absolute atomic E-state index is 0.140. The van der Waals surface area contributed by atoms with E-state index in [4.69, 9.17) is 9.40 Å². The molecular formula is C20H24N6O. The first-order valence-electron chi connectivity index (χ1n) is 9.23. The molecule has 1 fully saturated rings. The fraction of sp³-hybridized carbons (Fsp3) is 0.400. The third-order valence-corrected chi connectivity index (χ3v) is 4.60. The van der Waals surface area contributed by atoms with Crippen molar-refractivity contribution in [2.24, 2.45) is 0 Å². The molecule has 0 amide bonds. The van der Waals surface area contributed by atoms with Gasteiger partial charge in [0.25, 0.3) is 0 Å². The summed E-state index contributed by atoms with van der Waals surface area (Å²) in [5.74, 6) is 1.43. The Bertz CT molecular complexity index is 894. The third-order valence-electron chi connectivity index (χ3n) is 4.60. The molecule has 7 heteroatoms. The van der Waals surface area contributed by atoms with Crippen LogP contribution in [0.25, 0.3) is 11.3 Å². The van der Waals surface area contributed by atoms with Gasteiger partial charge in [-0.1, -0.05) is 56.2 Å². The van der Waals surface area contributed by atoms with Crippen molar-refractivity contribution in [1.82, 2.24) is 20.2 Å². The summed E-state index contributed by atoms with van der Waals surface area (Å²) in [6.07, 6.45) is 1.82. The van der Waals surface area contributed by atoms with Gasteiger partial charge < -0.3 is 14.2 Å². The fourth-order valence-corrected chi connectivity index (χ4v) is 3.01. The van der Waals surface area contributed by atoms with Gasteiger partial charge in [-0.15, -0.1) is 5.10 Å². The predicted molar refractivity (Wildman–Crippen MR) is 105 cm³/mol. The van der Waals surface area contributed by atoms with Gasteiger partial charge in [-0.05, 0) is 6.07 Å². The summed E-state index contributed by atoms with van der Waals surface area (Å²) in [7, 11) is 0. The normalized spacial score (nSPS) is 15.2. The summed E-state index contributed by atoms with van der Waals surface area (Å²) in [5.41, 5.74) is 1.90. The zero-order valence-electron chi connectivity index (χ0n) is 16.0. The summed E-state index contributed by atoms with van der Waals surface area (Å²) < 4.78 is 5.86. The molecule has 140 valence electrons. The van der Waals surface area contributed by atoms with Crippen LogP contribution in [0.4, 0.5) is 12.0 Å². The smallest absolute Gasteiger partial charge is 0.318 e. The second-order valence-electron chi connectivity index (χ2n) is 7.72. The zero-order chi connectivity index (χ0) is 18.9. The molecule has 1 saturated heterocycles. The van der Waals surface area contributed by atoms with Gasteiger partial charge in [0.05, 0.1) is 5.69 Å². The molecule has 0 N–H and O–H groups in total. The summed E-state index contributed by atoms with van der Waals surface area (Å²) in [6, 6.07) is 12.7. The number of aromatic nitrogens is 4. The molecule has 3 aromatic rings. The van der Waals surface area contributed by atoms with E-state index < -0.39 is 0 Å². The molecule has 4 rings (SSSR count). The molecule has 0 spiro atoms. The van der Waals surface area contributed by atoms with Crippen LogP contribution >= 0.6 is 0 Å². The molecular weight excluding hydrogens is 340 g/mol. The van der Waals surface area contributed by atoms with E-state index in [0.717, 1.165) is 43.4 Å². The van der Waals surface area contributed by atoms with E-state index in [9.17, 15) is 0 Å². The maximum Gasteiger partial charge on any atom is 0.318 e. The Morgan fingerprint density at radius 1 is 0.889 bits per heavy atom. The lowest BCUT2D eigenvalue weighted by atomic mass is 9.97. The minimum atomic E-state index is -0.140. The second kappa shape index (κ2) is 6.98. The molecule has 1 aliphatic rings. The number of piperazine rings is 1. The van der Waals surface area contributed by atoms with Gasteiger partial charge in [-0.2, -0.15) is 0 Å². The molecule has 27 heavy (non-hydrogen) atoms. The number of benzene rings is 1. The molecule has 0 radical (unpaired) electrons. The lowest BCUT2D eigenvalue weighted by molar-refractivity contribution is 0.389. The van der Waals surface area contributed by atoms with Crippen molar-refractivity contribution in [1.29, 1.82) is 0 Å². The maximum atomic E-state index is 5.86. The Kier molecular flexibility index (Phi) is 4.51. The molecule has 0 bridgehead atoms. The van der Waals surface area contributed by atoms with Crippen LogP contribution in [0.3, 0.4) is 0 Å². The average Bonchev–Trinajstić information content (AvgIpc) is 3.20. The highest BCUT2D eigenvalue weighted by Crippen LogP contribution is 2.25. The van der Waals surface area contributed by atoms with E-state index in [2.05, 4.69) is 57.9 Å². The topological polar surface area (TPSA) is 71.2 Å². The van der Waals surface area contributed by atoms with E-state index in [1.54, 1.807) is 0 Å². The first-order valence-corrected chi connectivity index (χ1v) is 9.23. The molecule has 0 unspecified atom stereocenters. The number of nitrogens with zero attached hydrogens (tertiary/aromatic N) is 6. The maximum absolute atomic E-state index is 5.86. The van der Waals surface area contributed by atoms with Crippen LogP contribution in [0.1, 0.15) is 26.7 Å². The first-order chi connectivity index (χ1) is 13.0. The summed E-state index contributed by atoms with van der Waals surface area (Å²) >= 11 is 0. The van der Waals surface area contributed by atoms with E-state index in [0.29, 0.717) is 11.9 Å². The number of rotatable bonds is 3. The summed E-state index contributed by atoms with van der Waals surface area (Å²) in [4.78, 5) is 13.5. The Morgan fingerprint density at radius 2 is 1.59 bits per heavy atom. The predicted octanol–water partition coefficient (Wildman–Crippen LogP) is 3.15. The molecule has 0 saturated carbocycles. The largest absolute Gasteiger partial charge is 0.407 e. The molecule has 0 atom stereocenters.